The Labute approximate surface area is 116 Å². The number of fused-ring (bicyclic) bond motifs is 1. The molecular weight excluding hydrogens is 320 g/mol. The van der Waals surface area contributed by atoms with Crippen LogP contribution < -0.4 is 0 Å². The molecule has 2 unspecified atom stereocenters. The molecule has 0 fully saturated rings. The van der Waals surface area contributed by atoms with Gasteiger partial charge in [-0.3, -0.25) is 4.21 Å². The van der Waals surface area contributed by atoms with Crippen molar-refractivity contribution in [3.63, 3.8) is 0 Å². The fourth-order valence-electron chi connectivity index (χ4n) is 1.96. The molecule has 3 nitrogen and oxygen atoms in total. The van der Waals surface area contributed by atoms with Crippen LogP contribution in [-0.2, 0) is 10.8 Å². The number of H-pyrrole nitrogens is 1. The molecule has 6 heteroatoms. The maximum Gasteiger partial charge on any atom is 0.178 e. The molecule has 1 aromatic heterocycles. The summed E-state index contributed by atoms with van der Waals surface area (Å²) in [5.74, 6) is 0.608. The fraction of sp³-hybridized carbons (Fsp3) is 0.364. The number of hydrogen-bond donors (Lipinski definition) is 1. The minimum absolute atomic E-state index is 0.128. The Bertz CT molecular complexity index is 632. The van der Waals surface area contributed by atoms with Gasteiger partial charge in [0.25, 0.3) is 0 Å². The SMILES string of the molecule is CC(CS(C)=O)n1c(=S)[nH]c2cc(Br)ccc21. The number of hydrogen-bond acceptors (Lipinski definition) is 2. The van der Waals surface area contributed by atoms with Crippen molar-refractivity contribution < 1.29 is 4.21 Å². The summed E-state index contributed by atoms with van der Waals surface area (Å²) in [6.07, 6.45) is 1.71. The predicted octanol–water partition coefficient (Wildman–Crippen LogP) is 3.40. The van der Waals surface area contributed by atoms with Gasteiger partial charge >= 0.3 is 0 Å². The number of imidazole rings is 1. The monoisotopic (exact) mass is 332 g/mol. The van der Waals surface area contributed by atoms with E-state index in [0.717, 1.165) is 15.5 Å². The molecule has 2 atom stereocenters. The summed E-state index contributed by atoms with van der Waals surface area (Å²) < 4.78 is 15.0. The molecule has 0 bridgehead atoms. The van der Waals surface area contributed by atoms with Crippen molar-refractivity contribution in [2.75, 3.05) is 12.0 Å². The van der Waals surface area contributed by atoms with E-state index in [4.69, 9.17) is 12.2 Å². The van der Waals surface area contributed by atoms with Crippen molar-refractivity contribution in [2.45, 2.75) is 13.0 Å². The minimum Gasteiger partial charge on any atom is -0.331 e. The quantitative estimate of drug-likeness (QED) is 0.874. The number of nitrogens with one attached hydrogen (secondary N) is 1. The maximum atomic E-state index is 11.3. The molecule has 1 N–H and O–H groups in total. The van der Waals surface area contributed by atoms with Crippen LogP contribution >= 0.6 is 28.1 Å². The molecule has 0 aliphatic heterocycles. The maximum absolute atomic E-state index is 11.3. The van der Waals surface area contributed by atoms with E-state index in [-0.39, 0.29) is 6.04 Å². The van der Waals surface area contributed by atoms with Crippen LogP contribution in [0.4, 0.5) is 0 Å². The Morgan fingerprint density at radius 1 is 1.59 bits per heavy atom. The lowest BCUT2D eigenvalue weighted by molar-refractivity contribution is 0.605. The number of nitrogens with zero attached hydrogens (tertiary/aromatic N) is 1. The number of aromatic amines is 1. The van der Waals surface area contributed by atoms with E-state index in [9.17, 15) is 4.21 Å². The van der Waals surface area contributed by atoms with E-state index in [0.29, 0.717) is 10.5 Å². The van der Waals surface area contributed by atoms with Gasteiger partial charge in [-0.05, 0) is 37.3 Å². The van der Waals surface area contributed by atoms with Gasteiger partial charge in [-0.1, -0.05) is 15.9 Å². The summed E-state index contributed by atoms with van der Waals surface area (Å²) in [6.45, 7) is 2.03. The molecular formula is C11H13BrN2OS2. The van der Waals surface area contributed by atoms with Crippen molar-refractivity contribution in [2.24, 2.45) is 0 Å². The van der Waals surface area contributed by atoms with Crippen LogP contribution in [0.2, 0.25) is 0 Å². The highest BCUT2D eigenvalue weighted by molar-refractivity contribution is 9.10. The predicted molar refractivity (Wildman–Crippen MR) is 78.5 cm³/mol. The van der Waals surface area contributed by atoms with Gasteiger partial charge in [-0.25, -0.2) is 0 Å². The zero-order valence-electron chi connectivity index (χ0n) is 9.57. The topological polar surface area (TPSA) is 37.8 Å². The average molecular weight is 333 g/mol. The van der Waals surface area contributed by atoms with Crippen molar-refractivity contribution in [3.8, 4) is 0 Å². The molecule has 0 aliphatic carbocycles. The van der Waals surface area contributed by atoms with Gasteiger partial charge in [0, 0.05) is 33.3 Å². The third-order valence-corrected chi connectivity index (χ3v) is 4.34. The first-order chi connectivity index (χ1) is 7.99. The largest absolute Gasteiger partial charge is 0.331 e. The van der Waals surface area contributed by atoms with E-state index in [1.165, 1.54) is 0 Å². The van der Waals surface area contributed by atoms with Gasteiger partial charge in [0.15, 0.2) is 4.77 Å². The van der Waals surface area contributed by atoms with Gasteiger partial charge < -0.3 is 9.55 Å². The summed E-state index contributed by atoms with van der Waals surface area (Å²) >= 11 is 8.75. The molecule has 0 aliphatic rings. The first kappa shape index (κ1) is 13.0. The van der Waals surface area contributed by atoms with E-state index >= 15 is 0 Å². The first-order valence-corrected chi connectivity index (χ1v) is 8.11. The van der Waals surface area contributed by atoms with Crippen LogP contribution in [0, 0.1) is 4.77 Å². The van der Waals surface area contributed by atoms with Gasteiger partial charge in [0.2, 0.25) is 0 Å². The molecule has 0 spiro atoms. The van der Waals surface area contributed by atoms with Crippen LogP contribution in [0.15, 0.2) is 22.7 Å². The van der Waals surface area contributed by atoms with E-state index in [1.807, 2.05) is 29.7 Å². The standard InChI is InChI=1S/C11H13BrN2OS2/c1-7(6-17(2)15)14-10-4-3-8(12)5-9(10)13-11(14)16/h3-5,7H,6H2,1-2H3,(H,13,16). The summed E-state index contributed by atoms with van der Waals surface area (Å²) in [6, 6.07) is 6.12. The second-order valence-corrected chi connectivity index (χ2v) is 6.83. The Kier molecular flexibility index (Phi) is 3.85. The second-order valence-electron chi connectivity index (χ2n) is 4.05. The molecule has 17 heavy (non-hydrogen) atoms. The van der Waals surface area contributed by atoms with Gasteiger partial charge in [-0.15, -0.1) is 0 Å². The highest BCUT2D eigenvalue weighted by Crippen LogP contribution is 2.22. The zero-order valence-corrected chi connectivity index (χ0v) is 12.8. The molecule has 1 heterocycles. The van der Waals surface area contributed by atoms with Crippen molar-refractivity contribution in [1.82, 2.24) is 9.55 Å². The molecule has 0 saturated heterocycles. The molecule has 1 aromatic carbocycles. The first-order valence-electron chi connectivity index (χ1n) is 5.19. The Balaban J connectivity index is 2.57. The van der Waals surface area contributed by atoms with Crippen molar-refractivity contribution >= 4 is 50.0 Å². The molecule has 92 valence electrons. The second kappa shape index (κ2) is 5.04. The van der Waals surface area contributed by atoms with Gasteiger partial charge in [-0.2, -0.15) is 0 Å². The van der Waals surface area contributed by atoms with Crippen LogP contribution in [0.1, 0.15) is 13.0 Å². The lowest BCUT2D eigenvalue weighted by Gasteiger charge is -2.12. The summed E-state index contributed by atoms with van der Waals surface area (Å²) in [5, 5.41) is 0. The van der Waals surface area contributed by atoms with Crippen LogP contribution in [0.25, 0.3) is 11.0 Å². The van der Waals surface area contributed by atoms with Crippen LogP contribution in [-0.4, -0.2) is 25.8 Å². The van der Waals surface area contributed by atoms with Gasteiger partial charge in [0.05, 0.1) is 11.0 Å². The third-order valence-electron chi connectivity index (χ3n) is 2.60. The number of benzene rings is 1. The lowest BCUT2D eigenvalue weighted by Crippen LogP contribution is -2.12. The van der Waals surface area contributed by atoms with E-state index in [2.05, 4.69) is 20.9 Å². The summed E-state index contributed by atoms with van der Waals surface area (Å²) in [7, 11) is -0.826. The number of aromatic nitrogens is 2. The van der Waals surface area contributed by atoms with Crippen LogP contribution in [0.5, 0.6) is 0 Å². The minimum atomic E-state index is -0.826. The fourth-order valence-corrected chi connectivity index (χ4v) is 3.53. The highest BCUT2D eigenvalue weighted by atomic mass is 79.9. The third kappa shape index (κ3) is 2.69. The zero-order chi connectivity index (χ0) is 12.6. The van der Waals surface area contributed by atoms with Crippen molar-refractivity contribution in [1.29, 1.82) is 0 Å². The molecule has 2 aromatic rings. The Morgan fingerprint density at radius 3 is 2.94 bits per heavy atom. The van der Waals surface area contributed by atoms with E-state index in [1.54, 1.807) is 6.26 Å². The normalized spacial score (nSPS) is 15.0. The Morgan fingerprint density at radius 2 is 2.29 bits per heavy atom. The summed E-state index contributed by atoms with van der Waals surface area (Å²) in [4.78, 5) is 3.17. The molecule has 0 amide bonds. The number of rotatable bonds is 3. The van der Waals surface area contributed by atoms with Crippen LogP contribution in [0.3, 0.4) is 0 Å². The van der Waals surface area contributed by atoms with E-state index < -0.39 is 10.8 Å². The smallest absolute Gasteiger partial charge is 0.178 e. The molecule has 0 saturated carbocycles. The average Bonchev–Trinajstić information content (AvgIpc) is 2.51. The van der Waals surface area contributed by atoms with Gasteiger partial charge in [0.1, 0.15) is 0 Å². The molecule has 0 radical (unpaired) electrons. The highest BCUT2D eigenvalue weighted by Gasteiger charge is 2.12. The Hall–Kier alpha value is -0.460. The molecule has 2 rings (SSSR count). The van der Waals surface area contributed by atoms with Crippen molar-refractivity contribution in [3.05, 3.63) is 27.4 Å². The number of halogens is 1. The lowest BCUT2D eigenvalue weighted by atomic mass is 10.3. The summed E-state index contributed by atoms with van der Waals surface area (Å²) in [5.41, 5.74) is 2.05.